The average molecular weight is 309 g/mol. The second-order valence-electron chi connectivity index (χ2n) is 5.29. The molecule has 0 bridgehead atoms. The predicted octanol–water partition coefficient (Wildman–Crippen LogP) is 3.67. The van der Waals surface area contributed by atoms with Crippen LogP contribution in [-0.4, -0.2) is 12.1 Å². The molecule has 7 heteroatoms. The molecule has 0 aliphatic heterocycles. The first-order valence-corrected chi connectivity index (χ1v) is 6.73. The highest BCUT2D eigenvalue weighted by molar-refractivity contribution is 5.30. The monoisotopic (exact) mass is 309 g/mol. The maximum absolute atomic E-state index is 13.6. The van der Waals surface area contributed by atoms with Gasteiger partial charge in [0.15, 0.2) is 5.75 Å². The van der Waals surface area contributed by atoms with Crippen LogP contribution in [0.15, 0.2) is 0 Å². The van der Waals surface area contributed by atoms with Crippen molar-refractivity contribution in [1.82, 2.24) is 0 Å². The number of hydrogen-bond acceptors (Lipinski definition) is 2. The van der Waals surface area contributed by atoms with Gasteiger partial charge in [-0.25, -0.2) is 13.2 Å². The molecule has 2 nitrogen and oxygen atoms in total. The van der Waals surface area contributed by atoms with Crippen LogP contribution < -0.4 is 10.5 Å². The van der Waals surface area contributed by atoms with E-state index in [9.17, 15) is 22.0 Å². The quantitative estimate of drug-likeness (QED) is 0.523. The van der Waals surface area contributed by atoms with E-state index in [1.807, 2.05) is 13.8 Å². The molecule has 1 saturated carbocycles. The maximum atomic E-state index is 13.6. The highest BCUT2D eigenvalue weighted by Crippen LogP contribution is 2.48. The number of hydrogen-bond donors (Lipinski definition) is 1. The van der Waals surface area contributed by atoms with E-state index in [-0.39, 0.29) is 6.04 Å². The van der Waals surface area contributed by atoms with Crippen LogP contribution in [0, 0.1) is 34.5 Å². The Labute approximate surface area is 119 Å². The highest BCUT2D eigenvalue weighted by Gasteiger charge is 2.53. The fourth-order valence-corrected chi connectivity index (χ4v) is 3.00. The molecule has 0 spiro atoms. The van der Waals surface area contributed by atoms with E-state index in [1.165, 1.54) is 0 Å². The summed E-state index contributed by atoms with van der Waals surface area (Å²) in [6, 6.07) is -0.223. The Balaban J connectivity index is 2.38. The lowest BCUT2D eigenvalue weighted by atomic mass is 9.59. The molecule has 0 radical (unpaired) electrons. The molecule has 1 fully saturated rings. The molecule has 118 valence electrons. The summed E-state index contributed by atoms with van der Waals surface area (Å²) in [7, 11) is 0. The van der Waals surface area contributed by atoms with Crippen molar-refractivity contribution in [2.45, 2.75) is 45.3 Å². The normalized spacial score (nSPS) is 23.8. The van der Waals surface area contributed by atoms with Gasteiger partial charge in [-0.1, -0.05) is 13.8 Å². The molecule has 0 amide bonds. The van der Waals surface area contributed by atoms with E-state index in [1.54, 1.807) is 0 Å². The second-order valence-corrected chi connectivity index (χ2v) is 5.29. The van der Waals surface area contributed by atoms with Crippen molar-refractivity contribution < 1.29 is 26.7 Å². The van der Waals surface area contributed by atoms with Crippen molar-refractivity contribution in [2.24, 2.45) is 11.1 Å². The molecule has 1 aliphatic carbocycles. The van der Waals surface area contributed by atoms with Gasteiger partial charge in [-0.15, -0.1) is 0 Å². The molecule has 1 aromatic rings. The van der Waals surface area contributed by atoms with Crippen LogP contribution in [-0.2, 0) is 0 Å². The van der Waals surface area contributed by atoms with Crippen LogP contribution in [0.1, 0.15) is 33.1 Å². The van der Waals surface area contributed by atoms with Gasteiger partial charge < -0.3 is 10.5 Å². The van der Waals surface area contributed by atoms with Crippen molar-refractivity contribution in [3.05, 3.63) is 29.1 Å². The minimum Gasteiger partial charge on any atom is -0.483 e. The summed E-state index contributed by atoms with van der Waals surface area (Å²) in [6.45, 7) is 3.69. The van der Waals surface area contributed by atoms with E-state index in [0.717, 1.165) is 0 Å². The lowest BCUT2D eigenvalue weighted by Crippen LogP contribution is -2.63. The van der Waals surface area contributed by atoms with E-state index in [2.05, 4.69) is 0 Å². The van der Waals surface area contributed by atoms with Crippen LogP contribution in [0.3, 0.4) is 0 Å². The standard InChI is InChI=1S/C14H16F5NO/c1-3-14(4-2)6(20)5-7(14)21-13-11(18)9(16)8(15)10(17)12(13)19/h6-7H,3-5,20H2,1-2H3. The molecule has 0 aromatic heterocycles. The third-order valence-corrected chi connectivity index (χ3v) is 4.59. The number of rotatable bonds is 4. The van der Waals surface area contributed by atoms with Gasteiger partial charge in [0.05, 0.1) is 0 Å². The summed E-state index contributed by atoms with van der Waals surface area (Å²) < 4.78 is 71.6. The van der Waals surface area contributed by atoms with E-state index in [0.29, 0.717) is 19.3 Å². The first-order chi connectivity index (χ1) is 9.80. The Morgan fingerprint density at radius 2 is 1.38 bits per heavy atom. The molecule has 21 heavy (non-hydrogen) atoms. The van der Waals surface area contributed by atoms with Crippen LogP contribution in [0.25, 0.3) is 0 Å². The van der Waals surface area contributed by atoms with Crippen LogP contribution in [0.5, 0.6) is 5.75 Å². The summed E-state index contributed by atoms with van der Waals surface area (Å²) in [5.74, 6) is -11.3. The molecule has 2 unspecified atom stereocenters. The molecule has 1 aliphatic rings. The summed E-state index contributed by atoms with van der Waals surface area (Å²) in [4.78, 5) is 0. The van der Waals surface area contributed by atoms with Gasteiger partial charge in [-0.05, 0) is 12.8 Å². The largest absolute Gasteiger partial charge is 0.483 e. The molecule has 1 aromatic carbocycles. The topological polar surface area (TPSA) is 35.2 Å². The first-order valence-electron chi connectivity index (χ1n) is 6.73. The zero-order valence-electron chi connectivity index (χ0n) is 11.7. The Morgan fingerprint density at radius 3 is 1.76 bits per heavy atom. The van der Waals surface area contributed by atoms with Crippen molar-refractivity contribution in [1.29, 1.82) is 0 Å². The van der Waals surface area contributed by atoms with Crippen LogP contribution >= 0.6 is 0 Å². The lowest BCUT2D eigenvalue weighted by molar-refractivity contribution is -0.0760. The van der Waals surface area contributed by atoms with Crippen molar-refractivity contribution >= 4 is 0 Å². The van der Waals surface area contributed by atoms with Gasteiger partial charge in [0, 0.05) is 17.9 Å². The smallest absolute Gasteiger partial charge is 0.207 e. The molecule has 0 heterocycles. The van der Waals surface area contributed by atoms with E-state index < -0.39 is 46.4 Å². The van der Waals surface area contributed by atoms with Gasteiger partial charge in [0.2, 0.25) is 29.1 Å². The molecule has 2 N–H and O–H groups in total. The zero-order valence-corrected chi connectivity index (χ0v) is 11.7. The summed E-state index contributed by atoms with van der Waals surface area (Å²) >= 11 is 0. The predicted molar refractivity (Wildman–Crippen MR) is 66.3 cm³/mol. The number of nitrogens with two attached hydrogens (primary N) is 1. The highest BCUT2D eigenvalue weighted by atomic mass is 19.2. The van der Waals surface area contributed by atoms with Gasteiger partial charge >= 0.3 is 0 Å². The third-order valence-electron chi connectivity index (χ3n) is 4.59. The number of ether oxygens (including phenoxy) is 1. The Bertz CT molecular complexity index is 530. The van der Waals surface area contributed by atoms with Crippen molar-refractivity contribution in [3.63, 3.8) is 0 Å². The van der Waals surface area contributed by atoms with Gasteiger partial charge in [0.25, 0.3) is 0 Å². The Morgan fingerprint density at radius 1 is 0.952 bits per heavy atom. The molecular formula is C14H16F5NO. The van der Waals surface area contributed by atoms with Crippen molar-refractivity contribution in [2.75, 3.05) is 0 Å². The van der Waals surface area contributed by atoms with E-state index >= 15 is 0 Å². The average Bonchev–Trinajstić information content (AvgIpc) is 2.47. The van der Waals surface area contributed by atoms with Gasteiger partial charge in [-0.3, -0.25) is 0 Å². The Hall–Kier alpha value is -1.37. The minimum absolute atomic E-state index is 0.223. The second kappa shape index (κ2) is 5.44. The van der Waals surface area contributed by atoms with Crippen molar-refractivity contribution in [3.8, 4) is 5.75 Å². The molecular weight excluding hydrogens is 293 g/mol. The van der Waals surface area contributed by atoms with Gasteiger partial charge in [-0.2, -0.15) is 8.78 Å². The summed E-state index contributed by atoms with van der Waals surface area (Å²) in [5.41, 5.74) is 5.39. The summed E-state index contributed by atoms with van der Waals surface area (Å²) in [5, 5.41) is 0. The lowest BCUT2D eigenvalue weighted by Gasteiger charge is -2.53. The molecule has 2 rings (SSSR count). The number of halogens is 5. The Kier molecular flexibility index (Phi) is 4.15. The fraction of sp³-hybridized carbons (Fsp3) is 0.571. The van der Waals surface area contributed by atoms with Crippen LogP contribution in [0.4, 0.5) is 22.0 Å². The van der Waals surface area contributed by atoms with Gasteiger partial charge in [0.1, 0.15) is 6.10 Å². The maximum Gasteiger partial charge on any atom is 0.207 e. The minimum atomic E-state index is -2.19. The zero-order chi connectivity index (χ0) is 15.9. The SMILES string of the molecule is CCC1(CC)C(N)CC1Oc1c(F)c(F)c(F)c(F)c1F. The fourth-order valence-electron chi connectivity index (χ4n) is 3.00. The van der Waals surface area contributed by atoms with Crippen LogP contribution in [0.2, 0.25) is 0 Å². The van der Waals surface area contributed by atoms with E-state index in [4.69, 9.17) is 10.5 Å². The number of benzene rings is 1. The summed E-state index contributed by atoms with van der Waals surface area (Å²) in [6.07, 6.45) is 0.812. The third kappa shape index (κ3) is 2.18. The first kappa shape index (κ1) is 16.0. The molecule has 0 saturated heterocycles. The molecule has 2 atom stereocenters.